The molecule has 0 radical (unpaired) electrons. The summed E-state index contributed by atoms with van der Waals surface area (Å²) in [6.45, 7) is 3.49. The van der Waals surface area contributed by atoms with E-state index in [2.05, 4.69) is 9.88 Å². The predicted molar refractivity (Wildman–Crippen MR) is 106 cm³/mol. The van der Waals surface area contributed by atoms with Crippen molar-refractivity contribution in [1.29, 1.82) is 0 Å². The van der Waals surface area contributed by atoms with Gasteiger partial charge in [0, 0.05) is 4.88 Å². The zero-order valence-corrected chi connectivity index (χ0v) is 23.5. The fourth-order valence-electron chi connectivity index (χ4n) is 2.66. The summed E-state index contributed by atoms with van der Waals surface area (Å²) in [5.74, 6) is 0.323. The molecule has 0 spiro atoms. The van der Waals surface area contributed by atoms with Gasteiger partial charge in [0.15, 0.2) is 11.5 Å². The minimum atomic E-state index is -4.24. The largest absolute Gasteiger partial charge is 1.00 e. The Morgan fingerprint density at radius 1 is 1.26 bits per heavy atom. The summed E-state index contributed by atoms with van der Waals surface area (Å²) >= 11 is 6.94. The number of nitrogens with zero attached hydrogens (tertiary/aromatic N) is 2. The standard InChI is InChI=1S/C18H14ClN2O6S2.2Na/c1-9-5-13-14(26-8-25-13)7-11(9)6-12(22)17-15(3-4-28-17)29(23,24)21-18-16(19)10(2)20-27-18;;/h3-7H,8H2,1-2H3,(H-,20,21,22);;/q-1;2*+1/p-1/b12-6-;;. The number of ether oxygens (including phenoxy) is 2. The molecule has 0 bridgehead atoms. The van der Waals surface area contributed by atoms with Crippen LogP contribution in [-0.2, 0) is 10.0 Å². The third-order valence-corrected chi connectivity index (χ3v) is 6.95. The molecule has 0 saturated heterocycles. The van der Waals surface area contributed by atoms with Crippen molar-refractivity contribution in [3.8, 4) is 11.5 Å². The molecular formula is C18H13ClN2Na2O6S2. The van der Waals surface area contributed by atoms with E-state index in [-0.39, 0.29) is 86.6 Å². The average Bonchev–Trinajstić information content (AvgIpc) is 3.39. The van der Waals surface area contributed by atoms with Gasteiger partial charge in [0.1, 0.15) is 10.0 Å². The van der Waals surface area contributed by atoms with Crippen LogP contribution in [0.1, 0.15) is 21.7 Å². The van der Waals surface area contributed by atoms with Crippen LogP contribution in [0.4, 0.5) is 5.88 Å². The van der Waals surface area contributed by atoms with Gasteiger partial charge in [-0.1, -0.05) is 28.6 Å². The van der Waals surface area contributed by atoms with Gasteiger partial charge < -0.3 is 23.8 Å². The second kappa shape index (κ2) is 10.5. The molecule has 152 valence electrons. The minimum Gasteiger partial charge on any atom is -0.871 e. The van der Waals surface area contributed by atoms with Crippen LogP contribution in [0, 0.1) is 13.8 Å². The number of aromatic nitrogens is 1. The van der Waals surface area contributed by atoms with Crippen LogP contribution in [0.25, 0.3) is 16.6 Å². The Morgan fingerprint density at radius 2 is 1.94 bits per heavy atom. The first-order valence-corrected chi connectivity index (χ1v) is 10.9. The van der Waals surface area contributed by atoms with Crippen molar-refractivity contribution >= 4 is 50.7 Å². The Labute approximate surface area is 232 Å². The van der Waals surface area contributed by atoms with Gasteiger partial charge in [0.25, 0.3) is 0 Å². The summed E-state index contributed by atoms with van der Waals surface area (Å²) in [4.78, 5) is -0.203. The maximum atomic E-state index is 12.8. The topological polar surface area (TPSA) is 116 Å². The van der Waals surface area contributed by atoms with Gasteiger partial charge in [-0.25, -0.2) is 8.42 Å². The van der Waals surface area contributed by atoms with E-state index in [4.69, 9.17) is 25.6 Å². The molecule has 3 aromatic rings. The van der Waals surface area contributed by atoms with Gasteiger partial charge in [-0.05, 0) is 48.6 Å². The van der Waals surface area contributed by atoms with Gasteiger partial charge in [-0.2, -0.15) is 0 Å². The van der Waals surface area contributed by atoms with E-state index in [0.29, 0.717) is 22.8 Å². The molecule has 0 amide bonds. The zero-order chi connectivity index (χ0) is 20.8. The van der Waals surface area contributed by atoms with E-state index >= 15 is 0 Å². The maximum Gasteiger partial charge on any atom is 1.00 e. The molecule has 0 aliphatic carbocycles. The predicted octanol–water partition coefficient (Wildman–Crippen LogP) is -2.00. The Balaban J connectivity index is 0.00000171. The number of rotatable bonds is 5. The molecule has 3 heterocycles. The summed E-state index contributed by atoms with van der Waals surface area (Å²) in [5, 5.41) is 17.9. The van der Waals surface area contributed by atoms with E-state index in [1.807, 2.05) is 6.92 Å². The second-order valence-corrected chi connectivity index (χ2v) is 9.00. The van der Waals surface area contributed by atoms with Crippen LogP contribution < -0.4 is 73.7 Å². The molecule has 4 rings (SSSR count). The molecule has 0 unspecified atom stereocenters. The third kappa shape index (κ3) is 5.45. The van der Waals surface area contributed by atoms with Crippen LogP contribution in [0.15, 0.2) is 33.0 Å². The molecule has 0 N–H and O–H groups in total. The Morgan fingerprint density at radius 3 is 2.58 bits per heavy atom. The Kier molecular flexibility index (Phi) is 8.99. The first-order valence-electron chi connectivity index (χ1n) is 8.23. The number of aryl methyl sites for hydroxylation is 2. The molecule has 1 aromatic carbocycles. The van der Waals surface area contributed by atoms with Gasteiger partial charge in [0.2, 0.25) is 6.79 Å². The summed E-state index contributed by atoms with van der Waals surface area (Å²) in [7, 11) is -4.24. The minimum absolute atomic E-state index is 0. The van der Waals surface area contributed by atoms with Gasteiger partial charge in [-0.15, -0.1) is 11.3 Å². The van der Waals surface area contributed by atoms with Crippen molar-refractivity contribution in [2.24, 2.45) is 0 Å². The van der Waals surface area contributed by atoms with Crippen LogP contribution in [0.3, 0.4) is 0 Å². The van der Waals surface area contributed by atoms with Gasteiger partial charge in [-0.3, -0.25) is 0 Å². The van der Waals surface area contributed by atoms with Crippen molar-refractivity contribution < 1.29 is 86.6 Å². The first kappa shape index (κ1) is 26.6. The van der Waals surface area contributed by atoms with E-state index in [1.165, 1.54) is 17.5 Å². The number of hydrogen-bond acceptors (Lipinski definition) is 8. The smallest absolute Gasteiger partial charge is 0.871 e. The monoisotopic (exact) mass is 498 g/mol. The Bertz CT molecular complexity index is 1240. The fraction of sp³-hybridized carbons (Fsp3) is 0.167. The van der Waals surface area contributed by atoms with Crippen molar-refractivity contribution in [3.05, 3.63) is 55.0 Å². The second-order valence-electron chi connectivity index (χ2n) is 6.14. The van der Waals surface area contributed by atoms with Crippen LogP contribution in [0.2, 0.25) is 5.02 Å². The molecule has 0 atom stereocenters. The van der Waals surface area contributed by atoms with Crippen molar-refractivity contribution in [3.63, 3.8) is 0 Å². The molecule has 31 heavy (non-hydrogen) atoms. The molecule has 13 heteroatoms. The first-order chi connectivity index (χ1) is 13.8. The summed E-state index contributed by atoms with van der Waals surface area (Å²) in [6, 6.07) is 4.75. The number of thiophene rings is 1. The number of halogens is 1. The van der Waals surface area contributed by atoms with Crippen LogP contribution >= 0.6 is 22.9 Å². The molecule has 1 aliphatic heterocycles. The quantitative estimate of drug-likeness (QED) is 0.295. The molecule has 2 aromatic heterocycles. The molecule has 1 aliphatic rings. The molecule has 0 fully saturated rings. The van der Waals surface area contributed by atoms with Crippen molar-refractivity contribution in [2.45, 2.75) is 18.7 Å². The van der Waals surface area contributed by atoms with E-state index in [9.17, 15) is 13.5 Å². The van der Waals surface area contributed by atoms with Crippen LogP contribution in [-0.4, -0.2) is 20.4 Å². The number of benzene rings is 1. The van der Waals surface area contributed by atoms with Crippen molar-refractivity contribution in [1.82, 2.24) is 5.16 Å². The molecule has 0 saturated carbocycles. The van der Waals surface area contributed by atoms with E-state index in [0.717, 1.165) is 16.9 Å². The van der Waals surface area contributed by atoms with Crippen LogP contribution in [0.5, 0.6) is 11.5 Å². The number of fused-ring (bicyclic) bond motifs is 1. The van der Waals surface area contributed by atoms with E-state index < -0.39 is 15.8 Å². The van der Waals surface area contributed by atoms with Gasteiger partial charge in [0.05, 0.1) is 21.5 Å². The molecule has 8 nitrogen and oxygen atoms in total. The van der Waals surface area contributed by atoms with Gasteiger partial charge >= 0.3 is 59.1 Å². The fourth-order valence-corrected chi connectivity index (χ4v) is 5.09. The number of hydrogen-bond donors (Lipinski definition) is 0. The molecular weight excluding hydrogens is 486 g/mol. The summed E-state index contributed by atoms with van der Waals surface area (Å²) in [5.41, 5.74) is 1.70. The summed E-state index contributed by atoms with van der Waals surface area (Å²) in [6.07, 6.45) is 1.35. The van der Waals surface area contributed by atoms with E-state index in [1.54, 1.807) is 19.1 Å². The SMILES string of the molecule is Cc1cc2c(cc1/C=C(\[O-])c1sccc1S(=O)(=O)[N-]c1onc(C)c1Cl)OCO2.[Na+].[Na+]. The Hall–Kier alpha value is -0.690. The normalized spacial score (nSPS) is 12.8. The number of sulfonamides is 1. The zero-order valence-electron chi connectivity index (χ0n) is 17.1. The maximum absolute atomic E-state index is 12.8. The third-order valence-electron chi connectivity index (χ3n) is 4.16. The summed E-state index contributed by atoms with van der Waals surface area (Å²) < 4.78 is 44.5. The van der Waals surface area contributed by atoms with Crippen molar-refractivity contribution in [2.75, 3.05) is 6.79 Å². The average molecular weight is 499 g/mol.